The molecule has 2 aliphatic heterocycles. The number of ether oxygens (including phenoxy) is 3. The SMILES string of the molecule is CCOC(=O)C1=C(C)NC(=S)N[C@@H]1c1cc(Br)c2c(c1)OCO2. The second kappa shape index (κ2) is 6.37. The molecule has 0 amide bonds. The minimum absolute atomic E-state index is 0.176. The molecule has 2 heterocycles. The number of nitrogens with one attached hydrogen (secondary N) is 2. The molecule has 0 aromatic heterocycles. The molecular formula is C15H15BrN2O4S. The van der Waals surface area contributed by atoms with Crippen molar-refractivity contribution in [2.45, 2.75) is 19.9 Å². The van der Waals surface area contributed by atoms with Crippen molar-refractivity contribution in [1.82, 2.24) is 10.6 Å². The van der Waals surface area contributed by atoms with E-state index in [9.17, 15) is 4.79 Å². The summed E-state index contributed by atoms with van der Waals surface area (Å²) >= 11 is 8.69. The van der Waals surface area contributed by atoms with Crippen molar-refractivity contribution in [3.8, 4) is 11.5 Å². The Kier molecular flexibility index (Phi) is 4.45. The van der Waals surface area contributed by atoms with E-state index >= 15 is 0 Å². The van der Waals surface area contributed by atoms with Gasteiger partial charge in [0.1, 0.15) is 0 Å². The molecule has 0 bridgehead atoms. The van der Waals surface area contributed by atoms with Crippen LogP contribution in [0.2, 0.25) is 0 Å². The fourth-order valence-electron chi connectivity index (χ4n) is 2.58. The quantitative estimate of drug-likeness (QED) is 0.598. The van der Waals surface area contributed by atoms with Crippen LogP contribution < -0.4 is 20.1 Å². The highest BCUT2D eigenvalue weighted by Crippen LogP contribution is 2.42. The number of rotatable bonds is 3. The van der Waals surface area contributed by atoms with E-state index in [4.69, 9.17) is 26.4 Å². The van der Waals surface area contributed by atoms with Gasteiger partial charge in [0.15, 0.2) is 16.6 Å². The summed E-state index contributed by atoms with van der Waals surface area (Å²) in [6, 6.07) is 3.30. The van der Waals surface area contributed by atoms with Crippen molar-refractivity contribution in [1.29, 1.82) is 0 Å². The van der Waals surface area contributed by atoms with Crippen molar-refractivity contribution < 1.29 is 19.0 Å². The monoisotopic (exact) mass is 398 g/mol. The lowest BCUT2D eigenvalue weighted by molar-refractivity contribution is -0.139. The number of halogens is 1. The molecule has 6 nitrogen and oxygen atoms in total. The van der Waals surface area contributed by atoms with Gasteiger partial charge in [0, 0.05) is 5.70 Å². The van der Waals surface area contributed by atoms with Gasteiger partial charge in [-0.1, -0.05) is 0 Å². The smallest absolute Gasteiger partial charge is 0.338 e. The minimum atomic E-state index is -0.423. The third-order valence-corrected chi connectivity index (χ3v) is 4.36. The fourth-order valence-corrected chi connectivity index (χ4v) is 3.42. The molecule has 0 unspecified atom stereocenters. The van der Waals surface area contributed by atoms with E-state index < -0.39 is 6.04 Å². The maximum atomic E-state index is 12.3. The van der Waals surface area contributed by atoms with Crippen LogP contribution in [0.5, 0.6) is 11.5 Å². The Hall–Kier alpha value is -1.80. The van der Waals surface area contributed by atoms with Crippen LogP contribution in [0.15, 0.2) is 27.9 Å². The highest BCUT2D eigenvalue weighted by atomic mass is 79.9. The average Bonchev–Trinajstić information content (AvgIpc) is 2.95. The van der Waals surface area contributed by atoms with Gasteiger partial charge in [0.2, 0.25) is 6.79 Å². The van der Waals surface area contributed by atoms with E-state index in [2.05, 4.69) is 26.6 Å². The van der Waals surface area contributed by atoms with Gasteiger partial charge in [-0.25, -0.2) is 4.79 Å². The lowest BCUT2D eigenvalue weighted by Gasteiger charge is -2.30. The molecule has 2 N–H and O–H groups in total. The molecule has 0 radical (unpaired) electrons. The van der Waals surface area contributed by atoms with Gasteiger partial charge < -0.3 is 24.8 Å². The topological polar surface area (TPSA) is 68.8 Å². The van der Waals surface area contributed by atoms with E-state index in [1.807, 2.05) is 12.1 Å². The molecule has 0 aliphatic carbocycles. The van der Waals surface area contributed by atoms with E-state index in [1.165, 1.54) is 0 Å². The van der Waals surface area contributed by atoms with Crippen LogP contribution in [0.1, 0.15) is 25.5 Å². The van der Waals surface area contributed by atoms with E-state index in [1.54, 1.807) is 13.8 Å². The van der Waals surface area contributed by atoms with Crippen molar-refractivity contribution in [3.63, 3.8) is 0 Å². The van der Waals surface area contributed by atoms with Gasteiger partial charge in [-0.15, -0.1) is 0 Å². The normalized spacial score (nSPS) is 19.3. The fraction of sp³-hybridized carbons (Fsp3) is 0.333. The molecule has 0 fully saturated rings. The zero-order valence-electron chi connectivity index (χ0n) is 12.6. The maximum Gasteiger partial charge on any atom is 0.338 e. The Morgan fingerprint density at radius 1 is 1.48 bits per heavy atom. The zero-order valence-corrected chi connectivity index (χ0v) is 15.0. The summed E-state index contributed by atoms with van der Waals surface area (Å²) in [6.45, 7) is 4.05. The molecule has 0 spiro atoms. The van der Waals surface area contributed by atoms with Gasteiger partial charge in [0.25, 0.3) is 0 Å². The first-order valence-corrected chi connectivity index (χ1v) is 8.25. The lowest BCUT2D eigenvalue weighted by Crippen LogP contribution is -2.45. The predicted molar refractivity (Wildman–Crippen MR) is 91.2 cm³/mol. The summed E-state index contributed by atoms with van der Waals surface area (Å²) in [5, 5.41) is 6.54. The first-order chi connectivity index (χ1) is 11.0. The van der Waals surface area contributed by atoms with Crippen LogP contribution in [0.3, 0.4) is 0 Å². The lowest BCUT2D eigenvalue weighted by atomic mass is 9.95. The van der Waals surface area contributed by atoms with Crippen LogP contribution in [0.25, 0.3) is 0 Å². The van der Waals surface area contributed by atoms with Crippen molar-refractivity contribution in [2.75, 3.05) is 13.4 Å². The number of allylic oxidation sites excluding steroid dienone is 1. The molecule has 1 atom stereocenters. The molecule has 1 aromatic carbocycles. The number of hydrogen-bond acceptors (Lipinski definition) is 5. The Bertz CT molecular complexity index is 720. The van der Waals surface area contributed by atoms with Crippen molar-refractivity contribution in [2.24, 2.45) is 0 Å². The molecular weight excluding hydrogens is 384 g/mol. The largest absolute Gasteiger partial charge is 0.463 e. The third kappa shape index (κ3) is 3.00. The number of hydrogen-bond donors (Lipinski definition) is 2. The molecule has 8 heteroatoms. The Morgan fingerprint density at radius 3 is 3.00 bits per heavy atom. The summed E-state index contributed by atoms with van der Waals surface area (Å²) in [4.78, 5) is 12.3. The number of esters is 1. The van der Waals surface area contributed by atoms with Crippen molar-refractivity contribution in [3.05, 3.63) is 33.4 Å². The molecule has 3 rings (SSSR count). The Balaban J connectivity index is 2.05. The van der Waals surface area contributed by atoms with Crippen LogP contribution >= 0.6 is 28.1 Å². The molecule has 0 saturated carbocycles. The highest BCUT2D eigenvalue weighted by molar-refractivity contribution is 9.10. The number of fused-ring (bicyclic) bond motifs is 1. The highest BCUT2D eigenvalue weighted by Gasteiger charge is 2.32. The van der Waals surface area contributed by atoms with Crippen LogP contribution in [-0.2, 0) is 9.53 Å². The summed E-state index contributed by atoms with van der Waals surface area (Å²) in [6.07, 6.45) is 0. The van der Waals surface area contributed by atoms with Gasteiger partial charge in [-0.2, -0.15) is 0 Å². The van der Waals surface area contributed by atoms with Crippen molar-refractivity contribution >= 4 is 39.2 Å². The summed E-state index contributed by atoms with van der Waals surface area (Å²) in [5.41, 5.74) is 1.99. The van der Waals surface area contributed by atoms with Gasteiger partial charge in [0.05, 0.1) is 22.7 Å². The molecule has 0 saturated heterocycles. The summed E-state index contributed by atoms with van der Waals surface area (Å²) in [5.74, 6) is 0.899. The summed E-state index contributed by atoms with van der Waals surface area (Å²) < 4.78 is 16.8. The molecule has 1 aromatic rings. The van der Waals surface area contributed by atoms with Crippen LogP contribution in [0.4, 0.5) is 0 Å². The van der Waals surface area contributed by atoms with Gasteiger partial charge in [-0.05, 0) is 59.7 Å². The second-order valence-corrected chi connectivity index (χ2v) is 6.29. The average molecular weight is 399 g/mol. The van der Waals surface area contributed by atoms with Gasteiger partial charge >= 0.3 is 5.97 Å². The Labute approximate surface area is 147 Å². The Morgan fingerprint density at radius 2 is 2.26 bits per heavy atom. The molecule has 2 aliphatic rings. The van der Waals surface area contributed by atoms with E-state index in [0.717, 1.165) is 10.0 Å². The minimum Gasteiger partial charge on any atom is -0.463 e. The molecule has 23 heavy (non-hydrogen) atoms. The van der Waals surface area contributed by atoms with Crippen LogP contribution in [0, 0.1) is 0 Å². The predicted octanol–water partition coefficient (Wildman–Crippen LogP) is 2.53. The number of carbonyl (C=O) groups is 1. The van der Waals surface area contributed by atoms with Crippen LogP contribution in [-0.4, -0.2) is 24.5 Å². The standard InChI is InChI=1S/C15H15BrN2O4S/c1-3-20-14(19)11-7(2)17-15(23)18-12(11)8-4-9(16)13-10(5-8)21-6-22-13/h4-5,12H,3,6H2,1-2H3,(H2,17,18,23)/t12-/m1/s1. The number of thiocarbonyl (C=S) groups is 1. The number of carbonyl (C=O) groups excluding carboxylic acids is 1. The maximum absolute atomic E-state index is 12.3. The van der Waals surface area contributed by atoms with E-state index in [-0.39, 0.29) is 12.8 Å². The van der Waals surface area contributed by atoms with E-state index in [0.29, 0.717) is 34.5 Å². The first kappa shape index (κ1) is 16.1. The first-order valence-electron chi connectivity index (χ1n) is 7.05. The summed E-state index contributed by atoms with van der Waals surface area (Å²) in [7, 11) is 0. The number of benzene rings is 1. The molecule has 122 valence electrons. The zero-order chi connectivity index (χ0) is 16.6. The van der Waals surface area contributed by atoms with Gasteiger partial charge in [-0.3, -0.25) is 0 Å². The third-order valence-electron chi connectivity index (χ3n) is 3.55. The second-order valence-electron chi connectivity index (χ2n) is 5.03.